The molecule has 6 nitrogen and oxygen atoms in total. The lowest BCUT2D eigenvalue weighted by Crippen LogP contribution is -2.33. The summed E-state index contributed by atoms with van der Waals surface area (Å²) in [6.45, 7) is -1.64. The van der Waals surface area contributed by atoms with Crippen LogP contribution in [0.3, 0.4) is 0 Å². The molecule has 0 saturated carbocycles. The zero-order valence-electron chi connectivity index (χ0n) is 11.6. The van der Waals surface area contributed by atoms with Gasteiger partial charge < -0.3 is 20.9 Å². The van der Waals surface area contributed by atoms with E-state index in [-0.39, 0.29) is 6.42 Å². The second-order valence-electron chi connectivity index (χ2n) is 3.25. The van der Waals surface area contributed by atoms with Gasteiger partial charge in [0.15, 0.2) is 0 Å². The Morgan fingerprint density at radius 1 is 1.27 bits per heavy atom. The van der Waals surface area contributed by atoms with E-state index in [1.54, 1.807) is 6.92 Å². The van der Waals surface area contributed by atoms with Crippen LogP contribution in [0.25, 0.3) is 0 Å². The third-order valence-corrected chi connectivity index (χ3v) is 1.71. The smallest absolute Gasteiger partial charge is 0.404 e. The maximum absolute atomic E-state index is 10.6. The highest BCUT2D eigenvalue weighted by atomic mass is 16.6. The van der Waals surface area contributed by atoms with Crippen molar-refractivity contribution in [1.82, 2.24) is 0 Å². The van der Waals surface area contributed by atoms with E-state index < -0.39 is 37.7 Å². The van der Waals surface area contributed by atoms with Gasteiger partial charge >= 0.3 is 12.2 Å². The predicted octanol–water partition coefficient (Wildman–Crippen LogP) is 0.983. The molecule has 0 aliphatic heterocycles. The number of hydrogen-bond donors (Lipinski definition) is 2. The van der Waals surface area contributed by atoms with Crippen molar-refractivity contribution >= 4 is 12.2 Å². The van der Waals surface area contributed by atoms with E-state index in [0.717, 1.165) is 0 Å². The summed E-state index contributed by atoms with van der Waals surface area (Å²) in [5.74, 6) is 0. The average molecular weight is 221 g/mol. The van der Waals surface area contributed by atoms with Gasteiger partial charge in [0.25, 0.3) is 0 Å². The van der Waals surface area contributed by atoms with Crippen molar-refractivity contribution in [3.63, 3.8) is 0 Å². The monoisotopic (exact) mass is 221 g/mol. The van der Waals surface area contributed by atoms with Gasteiger partial charge in [0.1, 0.15) is 13.2 Å². The number of ether oxygens (including phenoxy) is 2. The fraction of sp³-hybridized carbons (Fsp3) is 0.778. The fourth-order valence-electron chi connectivity index (χ4n) is 1.08. The number of carbonyl (C=O) groups excluding carboxylic acids is 2. The molecular weight excluding hydrogens is 200 g/mol. The van der Waals surface area contributed by atoms with E-state index in [2.05, 4.69) is 9.47 Å². The summed E-state index contributed by atoms with van der Waals surface area (Å²) < 4.78 is 31.6. The van der Waals surface area contributed by atoms with Gasteiger partial charge in [-0.15, -0.1) is 0 Å². The highest BCUT2D eigenvalue weighted by molar-refractivity contribution is 5.65. The van der Waals surface area contributed by atoms with Crippen molar-refractivity contribution in [2.45, 2.75) is 26.6 Å². The molecule has 0 heterocycles. The Hall–Kier alpha value is -1.46. The predicted molar refractivity (Wildman–Crippen MR) is 54.1 cm³/mol. The zero-order chi connectivity index (χ0) is 14.4. The Balaban J connectivity index is 5.01. The Labute approximate surface area is 93.1 Å². The quantitative estimate of drug-likeness (QED) is 0.697. The third kappa shape index (κ3) is 6.59. The molecule has 0 saturated heterocycles. The second kappa shape index (κ2) is 6.10. The molecular formula is C9H18N2O4. The minimum absolute atomic E-state index is 0.171. The Kier molecular flexibility index (Phi) is 3.59. The highest BCUT2D eigenvalue weighted by Crippen LogP contribution is 2.24. The van der Waals surface area contributed by atoms with Crippen molar-refractivity contribution in [2.75, 3.05) is 13.2 Å². The first-order chi connectivity index (χ1) is 8.14. The fourth-order valence-corrected chi connectivity index (χ4v) is 1.08. The summed E-state index contributed by atoms with van der Waals surface area (Å²) in [5, 5.41) is 0. The molecule has 0 fully saturated rings. The van der Waals surface area contributed by atoms with Crippen LogP contribution in [0.4, 0.5) is 9.59 Å². The molecule has 0 aromatic rings. The zero-order valence-corrected chi connectivity index (χ0v) is 8.62. The van der Waals surface area contributed by atoms with Gasteiger partial charge in [-0.1, -0.05) is 20.2 Å². The molecule has 0 aromatic heterocycles. The van der Waals surface area contributed by atoms with Gasteiger partial charge in [-0.05, 0) is 6.42 Å². The van der Waals surface area contributed by atoms with Crippen LogP contribution in [0.5, 0.6) is 0 Å². The van der Waals surface area contributed by atoms with Gasteiger partial charge in [0.2, 0.25) is 0 Å². The molecule has 0 aliphatic rings. The van der Waals surface area contributed by atoms with Gasteiger partial charge in [0, 0.05) is 9.53 Å². The van der Waals surface area contributed by atoms with Gasteiger partial charge in [-0.25, -0.2) is 9.59 Å². The minimum Gasteiger partial charge on any atom is -0.449 e. The first-order valence-electron chi connectivity index (χ1n) is 5.99. The van der Waals surface area contributed by atoms with Crippen LogP contribution >= 0.6 is 0 Å². The van der Waals surface area contributed by atoms with Crippen LogP contribution in [0.15, 0.2) is 0 Å². The maximum atomic E-state index is 10.6. The molecule has 0 radical (unpaired) electrons. The van der Waals surface area contributed by atoms with E-state index in [1.165, 1.54) is 0 Å². The Bertz CT molecular complexity index is 289. The van der Waals surface area contributed by atoms with Crippen LogP contribution in [0.2, 0.25) is 0 Å². The largest absolute Gasteiger partial charge is 0.449 e. The lowest BCUT2D eigenvalue weighted by molar-refractivity contribution is 0.0367. The number of carbonyl (C=O) groups is 2. The van der Waals surface area contributed by atoms with Crippen LogP contribution in [0, 0.1) is 5.41 Å². The summed E-state index contributed by atoms with van der Waals surface area (Å²) in [6, 6.07) is 0. The number of hydrogen-bond acceptors (Lipinski definition) is 4. The number of nitrogens with two attached hydrogens (primary N) is 2. The van der Waals surface area contributed by atoms with Gasteiger partial charge in [0.05, 0.1) is 0 Å². The molecule has 0 unspecified atom stereocenters. The minimum atomic E-state index is -2.48. The van der Waals surface area contributed by atoms with Crippen molar-refractivity contribution in [2.24, 2.45) is 16.9 Å². The van der Waals surface area contributed by atoms with E-state index in [9.17, 15) is 9.59 Å². The number of primary amides is 2. The average Bonchev–Trinajstić information content (AvgIpc) is 2.20. The number of amides is 2. The maximum Gasteiger partial charge on any atom is 0.404 e. The molecule has 88 valence electrons. The van der Waals surface area contributed by atoms with Crippen molar-refractivity contribution < 1.29 is 23.2 Å². The van der Waals surface area contributed by atoms with E-state index in [4.69, 9.17) is 15.6 Å². The van der Waals surface area contributed by atoms with Crippen LogP contribution < -0.4 is 11.5 Å². The van der Waals surface area contributed by atoms with Crippen molar-refractivity contribution in [3.8, 4) is 0 Å². The van der Waals surface area contributed by atoms with Gasteiger partial charge in [-0.3, -0.25) is 0 Å². The molecule has 0 atom stereocenters. The summed E-state index contributed by atoms with van der Waals surface area (Å²) in [6.07, 6.45) is -1.50. The number of rotatable bonds is 6. The topological polar surface area (TPSA) is 105 Å². The van der Waals surface area contributed by atoms with Crippen molar-refractivity contribution in [3.05, 3.63) is 0 Å². The van der Waals surface area contributed by atoms with E-state index in [0.29, 0.717) is 6.42 Å². The lowest BCUT2D eigenvalue weighted by atomic mass is 9.87. The van der Waals surface area contributed by atoms with Crippen LogP contribution in [-0.4, -0.2) is 25.4 Å². The molecule has 0 rings (SSSR count). The first-order valence-corrected chi connectivity index (χ1v) is 4.49. The molecule has 2 amide bonds. The molecule has 15 heavy (non-hydrogen) atoms. The van der Waals surface area contributed by atoms with E-state index in [1.807, 2.05) is 0 Å². The van der Waals surface area contributed by atoms with Crippen molar-refractivity contribution in [1.29, 1.82) is 0 Å². The Morgan fingerprint density at radius 3 is 2.00 bits per heavy atom. The second-order valence-corrected chi connectivity index (χ2v) is 3.25. The molecule has 0 bridgehead atoms. The van der Waals surface area contributed by atoms with E-state index >= 15 is 0 Å². The van der Waals surface area contributed by atoms with Gasteiger partial charge in [-0.2, -0.15) is 0 Å². The third-order valence-electron chi connectivity index (χ3n) is 1.71. The molecule has 4 N–H and O–H groups in total. The molecule has 0 spiro atoms. The standard InChI is InChI=1S/C9H18N2O4/c1-3-4-9(2,5-14-7(10)12)6-15-8(11)13/h3-6H2,1-2H3,(H2,10,12)(H2,11,13)/i2D3. The summed E-state index contributed by atoms with van der Waals surface area (Å²) in [5.41, 5.74) is 8.14. The molecule has 0 aliphatic carbocycles. The Morgan fingerprint density at radius 2 is 1.73 bits per heavy atom. The summed E-state index contributed by atoms with van der Waals surface area (Å²) in [4.78, 5) is 21.2. The highest BCUT2D eigenvalue weighted by Gasteiger charge is 2.26. The molecule has 6 heteroatoms. The molecule has 0 aromatic carbocycles. The first kappa shape index (κ1) is 8.82. The lowest BCUT2D eigenvalue weighted by Gasteiger charge is -2.27. The SMILES string of the molecule is [2H]C([2H])([2H])C(CCC)(COC(N)=O)COC(N)=O. The summed E-state index contributed by atoms with van der Waals surface area (Å²) in [7, 11) is 0. The summed E-state index contributed by atoms with van der Waals surface area (Å²) >= 11 is 0. The normalized spacial score (nSPS) is 14.6. The van der Waals surface area contributed by atoms with Crippen LogP contribution in [-0.2, 0) is 9.47 Å². The van der Waals surface area contributed by atoms with Crippen LogP contribution in [0.1, 0.15) is 30.7 Å².